The SMILES string of the molecule is CCCN(C(=O)CO)C1CCS([O-])([O-])C1. The Bertz CT molecular complexity index is 234. The van der Waals surface area contributed by atoms with Crippen LogP contribution in [0.2, 0.25) is 0 Å². The van der Waals surface area contributed by atoms with Crippen molar-refractivity contribution in [3.8, 4) is 0 Å². The summed E-state index contributed by atoms with van der Waals surface area (Å²) in [5, 5.41) is 8.78. The average Bonchev–Trinajstić information content (AvgIpc) is 2.54. The van der Waals surface area contributed by atoms with Crippen LogP contribution in [0.3, 0.4) is 0 Å². The van der Waals surface area contributed by atoms with Gasteiger partial charge >= 0.3 is 0 Å². The summed E-state index contributed by atoms with van der Waals surface area (Å²) >= 11 is 0. The molecule has 5 nitrogen and oxygen atoms in total. The lowest BCUT2D eigenvalue weighted by atomic mass is 10.2. The smallest absolute Gasteiger partial charge is 0.248 e. The predicted octanol–water partition coefficient (Wildman–Crippen LogP) is 0.0550. The summed E-state index contributed by atoms with van der Waals surface area (Å²) in [6, 6.07) is -0.241. The molecule has 0 spiro atoms. The minimum atomic E-state index is -2.98. The summed E-state index contributed by atoms with van der Waals surface area (Å²) in [5.41, 5.74) is 0. The van der Waals surface area contributed by atoms with Gasteiger partial charge in [-0.2, -0.15) is 0 Å². The number of rotatable bonds is 4. The fourth-order valence-electron chi connectivity index (χ4n) is 1.86. The van der Waals surface area contributed by atoms with Crippen LogP contribution in [0.1, 0.15) is 19.8 Å². The van der Waals surface area contributed by atoms with Gasteiger partial charge in [0.05, 0.1) is 0 Å². The van der Waals surface area contributed by atoms with Crippen LogP contribution in [0.4, 0.5) is 0 Å². The summed E-state index contributed by atoms with van der Waals surface area (Å²) in [6.45, 7) is 1.89. The molecule has 1 saturated heterocycles. The molecule has 0 aliphatic carbocycles. The number of sulfone groups is 1. The third-order valence-corrected chi connectivity index (χ3v) is 4.32. The first-order valence-corrected chi connectivity index (χ1v) is 6.93. The van der Waals surface area contributed by atoms with Crippen molar-refractivity contribution in [2.24, 2.45) is 0 Å². The van der Waals surface area contributed by atoms with Gasteiger partial charge in [0.25, 0.3) is 0 Å². The molecule has 0 saturated carbocycles. The highest BCUT2D eigenvalue weighted by Gasteiger charge is 2.27. The molecule has 1 rings (SSSR count). The van der Waals surface area contributed by atoms with E-state index in [-0.39, 0.29) is 23.5 Å². The van der Waals surface area contributed by atoms with Gasteiger partial charge in [-0.3, -0.25) is 4.79 Å². The maximum absolute atomic E-state index is 11.4. The normalized spacial score (nSPS) is 26.3. The van der Waals surface area contributed by atoms with Crippen LogP contribution in [-0.2, 0) is 4.79 Å². The molecule has 0 aromatic rings. The Morgan fingerprint density at radius 2 is 2.27 bits per heavy atom. The summed E-state index contributed by atoms with van der Waals surface area (Å²) < 4.78 is 22.5. The van der Waals surface area contributed by atoms with Crippen molar-refractivity contribution in [2.45, 2.75) is 25.8 Å². The number of amides is 1. The van der Waals surface area contributed by atoms with Gasteiger partial charge in [-0.15, -0.1) is 0 Å². The van der Waals surface area contributed by atoms with Crippen molar-refractivity contribution < 1.29 is 19.0 Å². The first-order chi connectivity index (χ1) is 7.00. The van der Waals surface area contributed by atoms with Crippen molar-refractivity contribution in [1.82, 2.24) is 4.90 Å². The molecular weight excluding hydrogens is 218 g/mol. The molecule has 15 heavy (non-hydrogen) atoms. The monoisotopic (exact) mass is 235 g/mol. The first kappa shape index (κ1) is 12.8. The maximum Gasteiger partial charge on any atom is 0.248 e. The first-order valence-electron chi connectivity index (χ1n) is 5.11. The molecule has 90 valence electrons. The van der Waals surface area contributed by atoms with E-state index < -0.39 is 17.2 Å². The van der Waals surface area contributed by atoms with E-state index in [1.165, 1.54) is 4.90 Å². The number of aliphatic hydroxyl groups is 1. The van der Waals surface area contributed by atoms with Crippen molar-refractivity contribution >= 4 is 16.5 Å². The van der Waals surface area contributed by atoms with Crippen molar-refractivity contribution in [3.05, 3.63) is 0 Å². The molecule has 1 amide bonds. The van der Waals surface area contributed by atoms with Gasteiger partial charge in [0, 0.05) is 12.6 Å². The van der Waals surface area contributed by atoms with E-state index in [2.05, 4.69) is 0 Å². The Labute approximate surface area is 91.4 Å². The molecule has 1 fully saturated rings. The summed E-state index contributed by atoms with van der Waals surface area (Å²) in [4.78, 5) is 12.9. The predicted molar refractivity (Wildman–Crippen MR) is 56.4 cm³/mol. The zero-order valence-corrected chi connectivity index (χ0v) is 9.66. The Morgan fingerprint density at radius 3 is 2.67 bits per heavy atom. The van der Waals surface area contributed by atoms with E-state index in [0.29, 0.717) is 13.0 Å². The number of nitrogens with zero attached hydrogens (tertiary/aromatic N) is 1. The second kappa shape index (κ2) is 5.16. The van der Waals surface area contributed by atoms with E-state index >= 15 is 0 Å². The Morgan fingerprint density at radius 1 is 1.60 bits per heavy atom. The third kappa shape index (κ3) is 3.34. The minimum Gasteiger partial charge on any atom is -0.800 e. The number of hydrogen-bond acceptors (Lipinski definition) is 4. The van der Waals surface area contributed by atoms with Gasteiger partial charge in [0.15, 0.2) is 0 Å². The molecule has 0 radical (unpaired) electrons. The number of carbonyl (C=O) groups is 1. The number of hydrogen-bond donors (Lipinski definition) is 1. The van der Waals surface area contributed by atoms with E-state index in [1.54, 1.807) is 0 Å². The molecule has 6 heteroatoms. The fraction of sp³-hybridized carbons (Fsp3) is 0.889. The lowest BCUT2D eigenvalue weighted by Gasteiger charge is -2.57. The van der Waals surface area contributed by atoms with E-state index in [9.17, 15) is 13.9 Å². The summed E-state index contributed by atoms with van der Waals surface area (Å²) in [5.74, 6) is -0.186. The maximum atomic E-state index is 11.4. The van der Waals surface area contributed by atoms with Gasteiger partial charge in [-0.25, -0.2) is 0 Å². The van der Waals surface area contributed by atoms with Gasteiger partial charge in [0.2, 0.25) is 5.91 Å². The topological polar surface area (TPSA) is 86.7 Å². The Kier molecular flexibility index (Phi) is 4.39. The highest BCUT2D eigenvalue weighted by Crippen LogP contribution is 2.46. The van der Waals surface area contributed by atoms with Gasteiger partial charge < -0.3 is 29.7 Å². The standard InChI is InChI=1S/C9H19NO4S/c1-2-4-10(9(12)6-11)8-3-5-15(13,14)7-8/h8,11,13-14H,2-7H2,1H3/p-2. The van der Waals surface area contributed by atoms with Crippen molar-refractivity contribution in [1.29, 1.82) is 0 Å². The molecule has 1 aliphatic heterocycles. The Hall–Kier alpha value is -0.300. The van der Waals surface area contributed by atoms with Crippen LogP contribution in [0, 0.1) is 0 Å². The van der Waals surface area contributed by atoms with E-state index in [4.69, 9.17) is 5.11 Å². The lowest BCUT2D eigenvalue weighted by Crippen LogP contribution is -2.42. The van der Waals surface area contributed by atoms with E-state index in [0.717, 1.165) is 6.42 Å². The molecule has 1 atom stereocenters. The molecule has 0 aromatic heterocycles. The van der Waals surface area contributed by atoms with Crippen molar-refractivity contribution in [2.75, 3.05) is 24.7 Å². The largest absolute Gasteiger partial charge is 0.800 e. The van der Waals surface area contributed by atoms with E-state index in [1.807, 2.05) is 6.92 Å². The molecule has 0 aromatic carbocycles. The quantitative estimate of drug-likeness (QED) is 0.746. The Balaban J connectivity index is 2.61. The van der Waals surface area contributed by atoms with Crippen LogP contribution >= 0.6 is 10.6 Å². The average molecular weight is 235 g/mol. The van der Waals surface area contributed by atoms with Crippen LogP contribution in [0.25, 0.3) is 0 Å². The summed E-state index contributed by atoms with van der Waals surface area (Å²) in [6.07, 6.45) is 1.26. The zero-order valence-electron chi connectivity index (χ0n) is 8.85. The highest BCUT2D eigenvalue weighted by atomic mass is 32.3. The molecule has 1 N–H and O–H groups in total. The van der Waals surface area contributed by atoms with Gasteiger partial charge in [0.1, 0.15) is 6.61 Å². The van der Waals surface area contributed by atoms with Crippen LogP contribution in [-0.4, -0.2) is 55.7 Å². The minimum absolute atomic E-state index is 0.0404. The summed E-state index contributed by atoms with van der Waals surface area (Å²) in [7, 11) is -2.98. The molecule has 0 bridgehead atoms. The second-order valence-electron chi connectivity index (χ2n) is 3.80. The van der Waals surface area contributed by atoms with Gasteiger partial charge in [-0.1, -0.05) is 6.92 Å². The zero-order chi connectivity index (χ0) is 11.5. The molecular formula is C9H17NO4S-2. The molecule has 1 heterocycles. The number of aliphatic hydroxyl groups excluding tert-OH is 1. The lowest BCUT2D eigenvalue weighted by molar-refractivity contribution is -0.136. The number of carbonyl (C=O) groups excluding carboxylic acids is 1. The molecule has 1 unspecified atom stereocenters. The van der Waals surface area contributed by atoms with Crippen LogP contribution in [0.15, 0.2) is 0 Å². The third-order valence-electron chi connectivity index (χ3n) is 2.57. The van der Waals surface area contributed by atoms with Crippen LogP contribution < -0.4 is 0 Å². The van der Waals surface area contributed by atoms with Crippen LogP contribution in [0.5, 0.6) is 0 Å². The van der Waals surface area contributed by atoms with Gasteiger partial charge in [-0.05, 0) is 24.3 Å². The second-order valence-corrected chi connectivity index (χ2v) is 6.03. The molecule has 1 aliphatic rings. The van der Waals surface area contributed by atoms with Crippen molar-refractivity contribution in [3.63, 3.8) is 0 Å². The fourth-order valence-corrected chi connectivity index (χ4v) is 3.59. The highest BCUT2D eigenvalue weighted by molar-refractivity contribution is 8.24.